The Bertz CT molecular complexity index is 1200. The molecule has 37 heavy (non-hydrogen) atoms. The molecule has 0 aliphatic carbocycles. The van der Waals surface area contributed by atoms with Crippen LogP contribution in [0.2, 0.25) is 0 Å². The van der Waals surface area contributed by atoms with Gasteiger partial charge in [-0.1, -0.05) is 50.6 Å². The average molecular weight is 507 g/mol. The minimum absolute atomic E-state index is 0.0654. The summed E-state index contributed by atoms with van der Waals surface area (Å²) in [6.07, 6.45) is 0.518. The number of carboxylic acids is 1. The van der Waals surface area contributed by atoms with Crippen LogP contribution in [0.15, 0.2) is 60.7 Å². The van der Waals surface area contributed by atoms with Crippen molar-refractivity contribution in [1.82, 2.24) is 4.98 Å². The number of anilines is 3. The molecule has 1 atom stereocenters. The number of hydrogen-bond acceptors (Lipinski definition) is 4. The molecule has 3 rings (SSSR count). The Morgan fingerprint density at radius 2 is 1.65 bits per heavy atom. The lowest BCUT2D eigenvalue weighted by Crippen LogP contribution is -2.29. The molecule has 0 aliphatic heterocycles. The lowest BCUT2D eigenvalue weighted by molar-refractivity contribution is -0.137. The van der Waals surface area contributed by atoms with Crippen LogP contribution in [-0.4, -0.2) is 28.6 Å². The highest BCUT2D eigenvalue weighted by Gasteiger charge is 2.20. The van der Waals surface area contributed by atoms with Gasteiger partial charge in [0.05, 0.1) is 6.42 Å². The van der Waals surface area contributed by atoms with Gasteiger partial charge in [-0.3, -0.25) is 4.79 Å². The van der Waals surface area contributed by atoms with Crippen molar-refractivity contribution >= 4 is 29.2 Å². The van der Waals surface area contributed by atoms with Gasteiger partial charge in [0.2, 0.25) is 0 Å². The number of rotatable bonds is 11. The maximum atomic E-state index is 13.5. The number of hydrogen-bond donors (Lipinski definition) is 3. The summed E-state index contributed by atoms with van der Waals surface area (Å²) in [5, 5.41) is 15.1. The van der Waals surface area contributed by atoms with Gasteiger partial charge in [0.15, 0.2) is 0 Å². The van der Waals surface area contributed by atoms with Gasteiger partial charge >= 0.3 is 12.0 Å². The van der Waals surface area contributed by atoms with E-state index in [2.05, 4.69) is 29.4 Å². The molecular formula is C29H35FN4O3. The van der Waals surface area contributed by atoms with Crippen molar-refractivity contribution < 1.29 is 19.1 Å². The zero-order valence-electron chi connectivity index (χ0n) is 21.8. The number of benzene rings is 2. The SMILES string of the molecule is CCC(CC(=O)O)c1cc(NC(=O)Nc2ccc(C)cc2)cc(N(Cc2ccc(F)cc2)CC(C)C)n1. The van der Waals surface area contributed by atoms with Crippen molar-refractivity contribution in [2.45, 2.75) is 53.0 Å². The summed E-state index contributed by atoms with van der Waals surface area (Å²) in [7, 11) is 0. The molecular weight excluding hydrogens is 471 g/mol. The number of aliphatic carboxylic acids is 1. The van der Waals surface area contributed by atoms with E-state index in [0.717, 1.165) is 11.1 Å². The highest BCUT2D eigenvalue weighted by atomic mass is 19.1. The summed E-state index contributed by atoms with van der Waals surface area (Å²) >= 11 is 0. The summed E-state index contributed by atoms with van der Waals surface area (Å²) in [5.41, 5.74) is 3.78. The first kappa shape index (κ1) is 27.6. The highest BCUT2D eigenvalue weighted by molar-refractivity contribution is 6.00. The number of carboxylic acid groups (broad SMARTS) is 1. The van der Waals surface area contributed by atoms with Crippen LogP contribution in [0, 0.1) is 18.7 Å². The van der Waals surface area contributed by atoms with E-state index in [1.165, 1.54) is 12.1 Å². The van der Waals surface area contributed by atoms with Crippen molar-refractivity contribution in [2.75, 3.05) is 22.1 Å². The van der Waals surface area contributed by atoms with Crippen molar-refractivity contribution in [3.8, 4) is 0 Å². The molecule has 0 saturated heterocycles. The van der Waals surface area contributed by atoms with Gasteiger partial charge < -0.3 is 20.6 Å². The Hall–Kier alpha value is -3.94. The molecule has 0 spiro atoms. The fraction of sp³-hybridized carbons (Fsp3) is 0.345. The van der Waals surface area contributed by atoms with Crippen molar-refractivity contribution in [2.24, 2.45) is 5.92 Å². The molecule has 8 heteroatoms. The van der Waals surface area contributed by atoms with Crippen molar-refractivity contribution in [3.05, 3.63) is 83.3 Å². The van der Waals surface area contributed by atoms with Crippen LogP contribution in [0.3, 0.4) is 0 Å². The number of halogens is 1. The Labute approximate surface area is 217 Å². The van der Waals surface area contributed by atoms with Gasteiger partial charge in [-0.25, -0.2) is 14.2 Å². The third kappa shape index (κ3) is 8.59. The molecule has 0 bridgehead atoms. The molecule has 3 N–H and O–H groups in total. The summed E-state index contributed by atoms with van der Waals surface area (Å²) in [6.45, 7) is 9.23. The first-order valence-corrected chi connectivity index (χ1v) is 12.5. The first-order chi connectivity index (χ1) is 17.6. The van der Waals surface area contributed by atoms with E-state index in [-0.39, 0.29) is 18.2 Å². The quantitative estimate of drug-likeness (QED) is 0.266. The lowest BCUT2D eigenvalue weighted by Gasteiger charge is -2.28. The molecule has 0 fully saturated rings. The number of aryl methyl sites for hydroxylation is 1. The lowest BCUT2D eigenvalue weighted by atomic mass is 9.97. The number of amides is 2. The van der Waals surface area contributed by atoms with Gasteiger partial charge in [-0.2, -0.15) is 0 Å². The van der Waals surface area contributed by atoms with Crippen LogP contribution in [0.1, 0.15) is 56.4 Å². The third-order valence-corrected chi connectivity index (χ3v) is 5.93. The summed E-state index contributed by atoms with van der Waals surface area (Å²) in [6, 6.07) is 16.9. The molecule has 2 amide bonds. The normalized spacial score (nSPS) is 11.7. The van der Waals surface area contributed by atoms with Gasteiger partial charge in [-0.05, 0) is 55.2 Å². The van der Waals surface area contributed by atoms with Crippen LogP contribution in [0.5, 0.6) is 0 Å². The molecule has 196 valence electrons. The Kier molecular flexibility index (Phi) is 9.60. The first-order valence-electron chi connectivity index (χ1n) is 12.5. The molecule has 0 aliphatic rings. The second kappa shape index (κ2) is 12.9. The minimum Gasteiger partial charge on any atom is -0.481 e. The second-order valence-corrected chi connectivity index (χ2v) is 9.69. The van der Waals surface area contributed by atoms with Gasteiger partial charge in [0.25, 0.3) is 0 Å². The Balaban J connectivity index is 1.96. The topological polar surface area (TPSA) is 94.6 Å². The zero-order valence-corrected chi connectivity index (χ0v) is 21.8. The highest BCUT2D eigenvalue weighted by Crippen LogP contribution is 2.29. The average Bonchev–Trinajstić information content (AvgIpc) is 2.84. The zero-order chi connectivity index (χ0) is 26.9. The van der Waals surface area contributed by atoms with Crippen LogP contribution in [0.4, 0.5) is 26.4 Å². The fourth-order valence-electron chi connectivity index (χ4n) is 4.07. The van der Waals surface area contributed by atoms with Crippen molar-refractivity contribution in [1.29, 1.82) is 0 Å². The molecule has 1 unspecified atom stereocenters. The summed E-state index contributed by atoms with van der Waals surface area (Å²) in [5.74, 6) is -0.608. The Morgan fingerprint density at radius 1 is 1.00 bits per heavy atom. The van der Waals surface area contributed by atoms with E-state index in [1.807, 2.05) is 38.1 Å². The smallest absolute Gasteiger partial charge is 0.323 e. The number of aromatic nitrogens is 1. The minimum atomic E-state index is -0.906. The maximum absolute atomic E-state index is 13.5. The standard InChI is InChI=1S/C29H35FN4O3/c1-5-22(14-28(35)36)26-15-25(32-29(37)31-24-12-6-20(4)7-13-24)16-27(33-26)34(17-19(2)3)18-21-8-10-23(30)11-9-21/h6-13,15-16,19,22H,5,14,17-18H2,1-4H3,(H,35,36)(H2,31,32,33,37). The number of carbonyl (C=O) groups excluding carboxylic acids is 1. The number of nitrogens with zero attached hydrogens (tertiary/aromatic N) is 2. The van der Waals surface area contributed by atoms with E-state index >= 15 is 0 Å². The molecule has 7 nitrogen and oxygen atoms in total. The number of nitrogens with one attached hydrogen (secondary N) is 2. The van der Waals surface area contributed by atoms with E-state index in [9.17, 15) is 19.1 Å². The number of carbonyl (C=O) groups is 2. The molecule has 2 aromatic carbocycles. The van der Waals surface area contributed by atoms with E-state index in [4.69, 9.17) is 4.98 Å². The van der Waals surface area contributed by atoms with Crippen LogP contribution in [-0.2, 0) is 11.3 Å². The largest absolute Gasteiger partial charge is 0.481 e. The third-order valence-electron chi connectivity index (χ3n) is 5.93. The molecule has 3 aromatic rings. The molecule has 1 heterocycles. The predicted octanol–water partition coefficient (Wildman–Crippen LogP) is 6.80. The van der Waals surface area contributed by atoms with Crippen LogP contribution < -0.4 is 15.5 Å². The number of urea groups is 1. The monoisotopic (exact) mass is 506 g/mol. The Morgan fingerprint density at radius 3 is 2.24 bits per heavy atom. The summed E-state index contributed by atoms with van der Waals surface area (Å²) in [4.78, 5) is 31.2. The second-order valence-electron chi connectivity index (χ2n) is 9.69. The number of pyridine rings is 1. The van der Waals surface area contributed by atoms with Crippen LogP contribution in [0.25, 0.3) is 0 Å². The van der Waals surface area contributed by atoms with Gasteiger partial charge in [0.1, 0.15) is 11.6 Å². The van der Waals surface area contributed by atoms with E-state index < -0.39 is 12.0 Å². The van der Waals surface area contributed by atoms with Gasteiger partial charge in [0, 0.05) is 42.1 Å². The van der Waals surface area contributed by atoms with Crippen LogP contribution >= 0.6 is 0 Å². The van der Waals surface area contributed by atoms with Gasteiger partial charge in [-0.15, -0.1) is 0 Å². The molecule has 0 radical (unpaired) electrons. The summed E-state index contributed by atoms with van der Waals surface area (Å²) < 4.78 is 13.5. The van der Waals surface area contributed by atoms with E-state index in [1.54, 1.807) is 24.3 Å². The molecule has 1 aromatic heterocycles. The molecule has 0 saturated carbocycles. The maximum Gasteiger partial charge on any atom is 0.323 e. The van der Waals surface area contributed by atoms with Crippen molar-refractivity contribution in [3.63, 3.8) is 0 Å². The fourth-order valence-corrected chi connectivity index (χ4v) is 4.07. The van der Waals surface area contributed by atoms with E-state index in [0.29, 0.717) is 48.3 Å². The predicted molar refractivity (Wildman–Crippen MR) is 146 cm³/mol.